The molecule has 3 nitrogen and oxygen atoms in total. The molecule has 0 heterocycles. The molecule has 1 aromatic rings. The lowest BCUT2D eigenvalue weighted by Crippen LogP contribution is -2.34. The Hall–Kier alpha value is -1.43. The van der Waals surface area contributed by atoms with Crippen LogP contribution >= 0.6 is 11.6 Å². The quantitative estimate of drug-likeness (QED) is 0.886. The molecule has 0 fully saturated rings. The summed E-state index contributed by atoms with van der Waals surface area (Å²) in [5.74, 6) is -1.42. The average molecular weight is 296 g/mol. The first-order chi connectivity index (χ1) is 8.61. The molecule has 7 heteroatoms. The van der Waals surface area contributed by atoms with E-state index in [1.54, 1.807) is 13.8 Å². The number of hydrogen-bond donors (Lipinski definition) is 2. The van der Waals surface area contributed by atoms with Crippen LogP contribution in [-0.2, 0) is 11.0 Å². The minimum Gasteiger partial charge on any atom is -0.480 e. The van der Waals surface area contributed by atoms with Crippen molar-refractivity contribution < 1.29 is 23.1 Å². The molecule has 1 unspecified atom stereocenters. The number of carboxylic acid groups (broad SMARTS) is 1. The number of carboxylic acids is 1. The van der Waals surface area contributed by atoms with Gasteiger partial charge in [0.1, 0.15) is 6.04 Å². The van der Waals surface area contributed by atoms with Gasteiger partial charge in [-0.05, 0) is 24.1 Å². The van der Waals surface area contributed by atoms with E-state index in [4.69, 9.17) is 16.7 Å². The molecular weight excluding hydrogens is 283 g/mol. The molecule has 0 aliphatic heterocycles. The van der Waals surface area contributed by atoms with Gasteiger partial charge in [-0.3, -0.25) is 0 Å². The minimum atomic E-state index is -4.53. The molecular formula is C12H13ClF3NO2. The van der Waals surface area contributed by atoms with Crippen LogP contribution in [0.3, 0.4) is 0 Å². The minimum absolute atomic E-state index is 0.0286. The predicted molar refractivity (Wildman–Crippen MR) is 66.3 cm³/mol. The van der Waals surface area contributed by atoms with Crippen LogP contribution < -0.4 is 5.32 Å². The fourth-order valence-electron chi connectivity index (χ4n) is 1.53. The highest BCUT2D eigenvalue weighted by Crippen LogP contribution is 2.33. The molecule has 19 heavy (non-hydrogen) atoms. The van der Waals surface area contributed by atoms with Gasteiger partial charge in [0.25, 0.3) is 0 Å². The Morgan fingerprint density at radius 1 is 1.32 bits per heavy atom. The van der Waals surface area contributed by atoms with E-state index in [0.29, 0.717) is 0 Å². The van der Waals surface area contributed by atoms with E-state index >= 15 is 0 Å². The van der Waals surface area contributed by atoms with Crippen LogP contribution in [0.5, 0.6) is 0 Å². The van der Waals surface area contributed by atoms with Crippen LogP contribution in [0.25, 0.3) is 0 Å². The Morgan fingerprint density at radius 3 is 2.32 bits per heavy atom. The second-order valence-corrected chi connectivity index (χ2v) is 4.87. The van der Waals surface area contributed by atoms with Gasteiger partial charge in [0.05, 0.1) is 5.56 Å². The third-order valence-corrected chi connectivity index (χ3v) is 2.70. The summed E-state index contributed by atoms with van der Waals surface area (Å²) in [7, 11) is 0. The molecule has 106 valence electrons. The van der Waals surface area contributed by atoms with Crippen LogP contribution in [0, 0.1) is 5.92 Å². The number of aliphatic carboxylic acids is 1. The fraction of sp³-hybridized carbons (Fsp3) is 0.417. The van der Waals surface area contributed by atoms with E-state index in [2.05, 4.69) is 5.32 Å². The Kier molecular flexibility index (Phi) is 4.68. The van der Waals surface area contributed by atoms with E-state index in [0.717, 1.165) is 12.1 Å². The first kappa shape index (κ1) is 15.6. The number of hydrogen-bond acceptors (Lipinski definition) is 2. The van der Waals surface area contributed by atoms with E-state index in [9.17, 15) is 18.0 Å². The molecule has 0 saturated carbocycles. The topological polar surface area (TPSA) is 49.3 Å². The van der Waals surface area contributed by atoms with Crippen LogP contribution in [0.1, 0.15) is 19.4 Å². The monoisotopic (exact) mass is 295 g/mol. The van der Waals surface area contributed by atoms with Gasteiger partial charge in [-0.25, -0.2) is 4.79 Å². The number of benzene rings is 1. The van der Waals surface area contributed by atoms with Crippen LogP contribution in [0.2, 0.25) is 5.02 Å². The van der Waals surface area contributed by atoms with E-state index in [-0.39, 0.29) is 16.6 Å². The van der Waals surface area contributed by atoms with Crippen molar-refractivity contribution in [2.75, 3.05) is 5.32 Å². The third kappa shape index (κ3) is 4.31. The maximum absolute atomic E-state index is 12.6. The second-order valence-electron chi connectivity index (χ2n) is 4.43. The highest BCUT2D eigenvalue weighted by molar-refractivity contribution is 6.31. The normalized spacial score (nSPS) is 13.4. The van der Waals surface area contributed by atoms with Crippen molar-refractivity contribution in [1.29, 1.82) is 0 Å². The molecule has 1 atom stereocenters. The fourth-order valence-corrected chi connectivity index (χ4v) is 1.76. The second kappa shape index (κ2) is 5.69. The standard InChI is InChI=1S/C12H13ClF3NO2/c1-6(2)10(11(18)19)17-9-4-7(12(14,15)16)3-8(13)5-9/h3-6,10,17H,1-2H3,(H,18,19). The zero-order valence-electron chi connectivity index (χ0n) is 10.3. The molecule has 1 aromatic carbocycles. The van der Waals surface area contributed by atoms with Crippen molar-refractivity contribution >= 4 is 23.3 Å². The molecule has 0 aliphatic rings. The van der Waals surface area contributed by atoms with Crippen molar-refractivity contribution in [3.05, 3.63) is 28.8 Å². The highest BCUT2D eigenvalue weighted by atomic mass is 35.5. The summed E-state index contributed by atoms with van der Waals surface area (Å²) < 4.78 is 37.8. The largest absolute Gasteiger partial charge is 0.480 e. The molecule has 0 spiro atoms. The molecule has 1 rings (SSSR count). The SMILES string of the molecule is CC(C)C(Nc1cc(Cl)cc(C(F)(F)F)c1)C(=O)O. The number of alkyl halides is 3. The molecule has 0 aliphatic carbocycles. The Bertz CT molecular complexity index is 475. The molecule has 2 N–H and O–H groups in total. The Labute approximate surface area is 113 Å². The zero-order valence-corrected chi connectivity index (χ0v) is 11.0. The maximum Gasteiger partial charge on any atom is 0.416 e. The van der Waals surface area contributed by atoms with Gasteiger partial charge in [0.2, 0.25) is 0 Å². The van der Waals surface area contributed by atoms with Crippen LogP contribution in [0.4, 0.5) is 18.9 Å². The van der Waals surface area contributed by atoms with Gasteiger partial charge in [0, 0.05) is 10.7 Å². The first-order valence-corrected chi connectivity index (χ1v) is 5.86. The number of anilines is 1. The van der Waals surface area contributed by atoms with Gasteiger partial charge in [-0.15, -0.1) is 0 Å². The van der Waals surface area contributed by atoms with Gasteiger partial charge in [-0.1, -0.05) is 25.4 Å². The van der Waals surface area contributed by atoms with Crippen LogP contribution in [0.15, 0.2) is 18.2 Å². The lowest BCUT2D eigenvalue weighted by atomic mass is 10.0. The van der Waals surface area contributed by atoms with Gasteiger partial charge in [0.15, 0.2) is 0 Å². The van der Waals surface area contributed by atoms with Crippen molar-refractivity contribution in [2.24, 2.45) is 5.92 Å². The maximum atomic E-state index is 12.6. The first-order valence-electron chi connectivity index (χ1n) is 5.48. The zero-order chi connectivity index (χ0) is 14.8. The summed E-state index contributed by atoms with van der Waals surface area (Å²) in [4.78, 5) is 11.0. The molecule has 0 amide bonds. The third-order valence-electron chi connectivity index (χ3n) is 2.48. The number of halogens is 4. The van der Waals surface area contributed by atoms with Crippen molar-refractivity contribution in [1.82, 2.24) is 0 Å². The van der Waals surface area contributed by atoms with Gasteiger partial charge >= 0.3 is 12.1 Å². The Morgan fingerprint density at radius 2 is 1.89 bits per heavy atom. The predicted octanol–water partition coefficient (Wildman–Crippen LogP) is 3.88. The summed E-state index contributed by atoms with van der Waals surface area (Å²) in [6, 6.07) is 1.90. The number of carbonyl (C=O) groups is 1. The summed E-state index contributed by atoms with van der Waals surface area (Å²) in [5.41, 5.74) is -0.892. The lowest BCUT2D eigenvalue weighted by Gasteiger charge is -2.20. The van der Waals surface area contributed by atoms with Gasteiger partial charge < -0.3 is 10.4 Å². The number of nitrogens with one attached hydrogen (secondary N) is 1. The summed E-state index contributed by atoms with van der Waals surface area (Å²) >= 11 is 5.61. The molecule has 0 radical (unpaired) electrons. The van der Waals surface area contributed by atoms with Crippen molar-refractivity contribution in [3.63, 3.8) is 0 Å². The van der Waals surface area contributed by atoms with Crippen molar-refractivity contribution in [2.45, 2.75) is 26.1 Å². The molecule has 0 bridgehead atoms. The lowest BCUT2D eigenvalue weighted by molar-refractivity contribution is -0.139. The molecule has 0 saturated heterocycles. The summed E-state index contributed by atoms with van der Waals surface area (Å²) in [5, 5.41) is 11.4. The summed E-state index contributed by atoms with van der Waals surface area (Å²) in [6.07, 6.45) is -4.53. The average Bonchev–Trinajstić information content (AvgIpc) is 2.23. The number of rotatable bonds is 4. The Balaban J connectivity index is 3.08. The molecule has 0 aromatic heterocycles. The van der Waals surface area contributed by atoms with Gasteiger partial charge in [-0.2, -0.15) is 13.2 Å². The van der Waals surface area contributed by atoms with E-state index in [1.807, 2.05) is 0 Å². The van der Waals surface area contributed by atoms with Crippen LogP contribution in [-0.4, -0.2) is 17.1 Å². The van der Waals surface area contributed by atoms with Crippen molar-refractivity contribution in [3.8, 4) is 0 Å². The smallest absolute Gasteiger partial charge is 0.416 e. The highest BCUT2D eigenvalue weighted by Gasteiger charge is 2.31. The van der Waals surface area contributed by atoms with E-state index in [1.165, 1.54) is 6.07 Å². The van der Waals surface area contributed by atoms with E-state index < -0.39 is 23.8 Å². The summed E-state index contributed by atoms with van der Waals surface area (Å²) in [6.45, 7) is 3.31.